The largest absolute Gasteiger partial charge is 0.480 e. The Morgan fingerprint density at radius 3 is 0.856 bits per heavy atom. The number of ether oxygens (including phenoxy) is 7. The van der Waals surface area contributed by atoms with E-state index >= 15 is 0 Å². The number of carboxylic acids is 1. The van der Waals surface area contributed by atoms with Gasteiger partial charge in [0.1, 0.15) is 44.8 Å². The Labute approximate surface area is 742 Å². The SMILES string of the molecule is CC(C)(C)C(=O)N(CC(=O)O)Cc1ccccc1CNC(=O)OCc1ccccc1.CCOC(=O)CBr.CCOC(=O)CCCc1ccccc1CNC(=O)OCc1ccccc1.CCOC(=O)CN(Cc1ccccc1CNC(=O)OCc1ccccc1)C(=O)C(C)(C)C.NCc1ccccc1CN.NCc1ccccc1CNC(=O)OCc1ccccc1. The van der Waals surface area contributed by atoms with Gasteiger partial charge in [-0.05, 0) is 112 Å². The molecule has 0 radical (unpaired) electrons. The number of carbonyl (C=O) groups excluding carboxylic acids is 9. The molecule has 670 valence electrons. The van der Waals surface area contributed by atoms with E-state index in [9.17, 15) is 53.1 Å². The van der Waals surface area contributed by atoms with Crippen LogP contribution in [-0.2, 0) is 154 Å². The number of nitrogens with one attached hydrogen (secondary N) is 4. The molecule has 0 spiro atoms. The summed E-state index contributed by atoms with van der Waals surface area (Å²) in [6.07, 6.45) is -0.0888. The van der Waals surface area contributed by atoms with Crippen LogP contribution in [-0.4, -0.2) is 113 Å². The molecule has 0 saturated heterocycles. The minimum Gasteiger partial charge on any atom is -0.480 e. The molecule has 0 heterocycles. The molecule has 0 atom stereocenters. The third-order valence-corrected chi connectivity index (χ3v) is 18.3. The van der Waals surface area contributed by atoms with Crippen LogP contribution in [0.5, 0.6) is 0 Å². The van der Waals surface area contributed by atoms with Crippen LogP contribution in [0.4, 0.5) is 19.2 Å². The van der Waals surface area contributed by atoms with Crippen LogP contribution in [0.15, 0.2) is 243 Å². The predicted octanol–water partition coefficient (Wildman–Crippen LogP) is 15.7. The first kappa shape index (κ1) is 105. The fourth-order valence-corrected chi connectivity index (χ4v) is 11.7. The zero-order valence-corrected chi connectivity index (χ0v) is 74.6. The van der Waals surface area contributed by atoms with Crippen LogP contribution in [0.2, 0.25) is 0 Å². The van der Waals surface area contributed by atoms with Crippen molar-refractivity contribution in [2.75, 3.05) is 38.2 Å². The number of carbonyl (C=O) groups is 10. The lowest BCUT2D eigenvalue weighted by Crippen LogP contribution is -2.42. The van der Waals surface area contributed by atoms with E-state index in [4.69, 9.17) is 45.6 Å². The van der Waals surface area contributed by atoms with Gasteiger partial charge in [-0.25, -0.2) is 19.2 Å². The second-order valence-corrected chi connectivity index (χ2v) is 30.3. The van der Waals surface area contributed by atoms with Gasteiger partial charge in [-0.2, -0.15) is 0 Å². The van der Waals surface area contributed by atoms with Gasteiger partial charge in [0.2, 0.25) is 11.8 Å². The number of alkyl carbamates (subject to hydrolysis) is 4. The summed E-state index contributed by atoms with van der Waals surface area (Å²) in [5, 5.41) is 20.5. The molecule has 9 rings (SSSR count). The lowest BCUT2D eigenvalue weighted by atomic mass is 9.94. The maximum absolute atomic E-state index is 12.9. The van der Waals surface area contributed by atoms with Gasteiger partial charge >= 0.3 is 48.3 Å². The number of hydrogen-bond acceptors (Lipinski definition) is 20. The monoisotopic (exact) mass is 1780 g/mol. The molecule has 9 aromatic rings. The number of aliphatic carboxylic acids is 1. The van der Waals surface area contributed by atoms with E-state index in [1.54, 1.807) is 41.5 Å². The molecule has 0 aliphatic heterocycles. The molecule has 125 heavy (non-hydrogen) atoms. The summed E-state index contributed by atoms with van der Waals surface area (Å²) in [5.41, 5.74) is 28.6. The topological polar surface area (TPSA) is 388 Å². The van der Waals surface area contributed by atoms with Gasteiger partial charge in [-0.1, -0.05) is 300 Å². The quantitative estimate of drug-likeness (QED) is 0.0104. The Balaban J connectivity index is 0.000000331. The minimum absolute atomic E-state index is 0.134. The van der Waals surface area contributed by atoms with Gasteiger partial charge in [0.05, 0.1) is 19.8 Å². The number of aryl methyl sites for hydroxylation is 1. The second-order valence-electron chi connectivity index (χ2n) is 29.7. The number of halogens is 1. The molecule has 0 bridgehead atoms. The van der Waals surface area contributed by atoms with Gasteiger partial charge in [0, 0.05) is 76.2 Å². The van der Waals surface area contributed by atoms with E-state index in [0.717, 1.165) is 84.3 Å². The van der Waals surface area contributed by atoms with E-state index in [2.05, 4.69) is 41.9 Å². The number of amides is 6. The number of nitrogens with two attached hydrogens (primary N) is 3. The summed E-state index contributed by atoms with van der Waals surface area (Å²) in [7, 11) is 0. The minimum atomic E-state index is -1.08. The molecule has 0 aliphatic rings. The number of hydrogen-bond donors (Lipinski definition) is 8. The third kappa shape index (κ3) is 44.2. The summed E-state index contributed by atoms with van der Waals surface area (Å²) in [6, 6.07) is 76.2. The number of benzene rings is 9. The van der Waals surface area contributed by atoms with Gasteiger partial charge in [-0.3, -0.25) is 28.8 Å². The zero-order chi connectivity index (χ0) is 91.6. The van der Waals surface area contributed by atoms with Crippen LogP contribution in [0.3, 0.4) is 0 Å². The average molecular weight is 1780 g/mol. The standard InChI is InChI=1S/C25H32N2O5.C23H28N2O5.C21H25NO4.C16H18N2O2.C8H12N2.C4H7BrO2/c1-5-31-22(28)17-27(23(29)25(2,3)4)16-21-14-10-9-13-20(21)15-26-24(30)32-18-19-11-7-6-8-12-19;1-23(2,3)21(28)25(15-20(26)27)14-19-12-8-7-11-18(19)13-24-22(29)30-16-17-9-5-4-6-10-17;1-2-25-20(23)14-8-13-18-11-6-7-12-19(18)15-22-21(24)26-16-17-9-4-3-5-10-17;17-10-14-8-4-5-9-15(14)11-18-16(19)20-12-13-6-2-1-3-7-13;9-5-7-3-1-2-4-8(7)6-10;1-2-7-4(6)3-5/h6-14H,5,15-18H2,1-4H3,(H,26,30);4-12H,13-16H2,1-3H3,(H,24,29)(H,26,27);3-7,9-12H,2,8,13-16H2,1H3,(H,22,24);1-9H,10-12,17H2,(H,18,19);1-4H,5-6,9-10H2;2-3H2,1H3. The summed E-state index contributed by atoms with van der Waals surface area (Å²) in [6.45, 7) is 20.7. The lowest BCUT2D eigenvalue weighted by molar-refractivity contribution is -0.152. The highest BCUT2D eigenvalue weighted by Gasteiger charge is 2.31. The maximum Gasteiger partial charge on any atom is 0.407 e. The Bertz CT molecular complexity index is 4690. The number of carboxylic acid groups (broad SMARTS) is 1. The second kappa shape index (κ2) is 59.9. The molecule has 0 unspecified atom stereocenters. The van der Waals surface area contributed by atoms with Crippen molar-refractivity contribution in [2.24, 2.45) is 28.0 Å². The molecule has 0 aromatic heterocycles. The molecule has 28 heteroatoms. The van der Waals surface area contributed by atoms with Crippen molar-refractivity contribution in [3.8, 4) is 0 Å². The van der Waals surface area contributed by atoms with Crippen LogP contribution in [0.1, 0.15) is 153 Å². The normalized spacial score (nSPS) is 10.4. The fraction of sp³-hybridized carbons (Fsp3) is 0.340. The lowest BCUT2D eigenvalue weighted by Gasteiger charge is -2.29. The number of esters is 3. The Hall–Kier alpha value is -12.8. The van der Waals surface area contributed by atoms with Crippen LogP contribution in [0, 0.1) is 10.8 Å². The summed E-state index contributed by atoms with van der Waals surface area (Å²) in [5.74, 6) is -2.32. The van der Waals surface area contributed by atoms with Gasteiger partial charge in [0.25, 0.3) is 0 Å². The molecule has 0 fully saturated rings. The van der Waals surface area contributed by atoms with E-state index in [1.165, 1.54) is 9.80 Å². The predicted molar refractivity (Wildman–Crippen MR) is 484 cm³/mol. The van der Waals surface area contributed by atoms with Crippen molar-refractivity contribution in [2.45, 2.75) is 167 Å². The molecular weight excluding hydrogens is 1660 g/mol. The third-order valence-electron chi connectivity index (χ3n) is 17.9. The van der Waals surface area contributed by atoms with Gasteiger partial charge in [0.15, 0.2) is 0 Å². The van der Waals surface area contributed by atoms with Gasteiger partial charge in [-0.15, -0.1) is 0 Å². The highest BCUT2D eigenvalue weighted by atomic mass is 79.9. The first-order chi connectivity index (χ1) is 60.0. The van der Waals surface area contributed by atoms with Crippen LogP contribution >= 0.6 is 15.9 Å². The van der Waals surface area contributed by atoms with Crippen molar-refractivity contribution in [3.63, 3.8) is 0 Å². The van der Waals surface area contributed by atoms with E-state index in [-0.39, 0.29) is 89.5 Å². The molecule has 0 saturated carbocycles. The van der Waals surface area contributed by atoms with Crippen molar-refractivity contribution in [3.05, 3.63) is 321 Å². The molecule has 11 N–H and O–H groups in total. The first-order valence-corrected chi connectivity index (χ1v) is 42.2. The molecule has 0 aliphatic carbocycles. The Morgan fingerprint density at radius 2 is 0.576 bits per heavy atom. The maximum atomic E-state index is 12.9. The Kier molecular flexibility index (Phi) is 50.1. The number of nitrogens with zero attached hydrogens (tertiary/aromatic N) is 2. The van der Waals surface area contributed by atoms with Crippen LogP contribution < -0.4 is 38.5 Å². The average Bonchev–Trinajstić information content (AvgIpc) is 0.839. The van der Waals surface area contributed by atoms with E-state index < -0.39 is 53.7 Å². The molecule has 6 amide bonds. The number of rotatable bonds is 35. The summed E-state index contributed by atoms with van der Waals surface area (Å²) < 4.78 is 35.3. The van der Waals surface area contributed by atoms with Crippen LogP contribution in [0.25, 0.3) is 0 Å². The number of alkyl halides is 1. The zero-order valence-electron chi connectivity index (χ0n) is 73.0. The Morgan fingerprint density at radius 1 is 0.328 bits per heavy atom. The van der Waals surface area contributed by atoms with Crippen molar-refractivity contribution in [1.29, 1.82) is 0 Å². The highest BCUT2D eigenvalue weighted by molar-refractivity contribution is 9.09. The highest BCUT2D eigenvalue weighted by Crippen LogP contribution is 2.24. The summed E-state index contributed by atoms with van der Waals surface area (Å²) in [4.78, 5) is 121. The molecule has 9 aromatic carbocycles. The van der Waals surface area contributed by atoms with Crippen molar-refractivity contribution >= 4 is 76.0 Å². The van der Waals surface area contributed by atoms with E-state index in [0.29, 0.717) is 64.1 Å². The van der Waals surface area contributed by atoms with Crippen molar-refractivity contribution in [1.82, 2.24) is 31.1 Å². The summed E-state index contributed by atoms with van der Waals surface area (Å²) >= 11 is 2.94. The smallest absolute Gasteiger partial charge is 0.407 e. The molecular formula is C97H122BrN9O18. The van der Waals surface area contributed by atoms with Crippen molar-refractivity contribution < 1.29 is 86.2 Å². The van der Waals surface area contributed by atoms with Gasteiger partial charge < -0.3 is 86.5 Å². The van der Waals surface area contributed by atoms with E-state index in [1.807, 2.05) is 263 Å². The first-order valence-electron chi connectivity index (χ1n) is 41.1. The molecule has 27 nitrogen and oxygen atoms in total. The fourth-order valence-electron chi connectivity index (χ4n) is 11.5.